The number of carbonyl (C=O) groups excluding carboxylic acids is 1. The van der Waals surface area contributed by atoms with Crippen LogP contribution in [0.5, 0.6) is 5.75 Å². The number of ether oxygens (including phenoxy) is 1. The molecule has 0 unspecified atom stereocenters. The van der Waals surface area contributed by atoms with Gasteiger partial charge >= 0.3 is 0 Å². The summed E-state index contributed by atoms with van der Waals surface area (Å²) in [6.07, 6.45) is 0.286. The van der Waals surface area contributed by atoms with E-state index < -0.39 is 11.9 Å². The van der Waals surface area contributed by atoms with Crippen molar-refractivity contribution in [1.29, 1.82) is 0 Å². The number of aromatic nitrogens is 2. The molecule has 1 aromatic heterocycles. The number of carbonyl (C=O) groups is 1. The van der Waals surface area contributed by atoms with Crippen molar-refractivity contribution in [2.45, 2.75) is 31.6 Å². The Balaban J connectivity index is 1.88. The van der Waals surface area contributed by atoms with Crippen LogP contribution in [0.3, 0.4) is 0 Å². The average molecular weight is 339 g/mol. The second-order valence-electron chi connectivity index (χ2n) is 4.74. The summed E-state index contributed by atoms with van der Waals surface area (Å²) < 4.78 is 24.4. The second-order valence-corrected chi connectivity index (χ2v) is 5.66. The Morgan fingerprint density at radius 1 is 1.43 bits per heavy atom. The Hall–Kier alpha value is -2.09. The zero-order chi connectivity index (χ0) is 16.7. The molecule has 0 aliphatic carbocycles. The van der Waals surface area contributed by atoms with Gasteiger partial charge < -0.3 is 14.5 Å². The van der Waals surface area contributed by atoms with Crippen molar-refractivity contribution in [3.63, 3.8) is 0 Å². The molecule has 1 aromatic carbocycles. The average Bonchev–Trinajstić information content (AvgIpc) is 3.02. The molecular weight excluding hydrogens is 321 g/mol. The zero-order valence-corrected chi connectivity index (χ0v) is 13.7. The fraction of sp³-hybridized carbons (Fsp3) is 0.400. The second kappa shape index (κ2) is 8.52. The molecule has 0 saturated carbocycles. The minimum Gasteiger partial charge on any atom is -0.478 e. The van der Waals surface area contributed by atoms with E-state index in [1.807, 2.05) is 6.92 Å². The standard InChI is InChI=1S/C15H18FN3O3S/c1-3-8-17-13(20)9-23-15-19-18-14(22-15)10(2)21-12-7-5-4-6-11(12)16/h4-7,10H,3,8-9H2,1-2H3,(H,17,20)/t10-/m1/s1. The lowest BCUT2D eigenvalue weighted by Gasteiger charge is -2.11. The van der Waals surface area contributed by atoms with Crippen molar-refractivity contribution in [2.75, 3.05) is 12.3 Å². The predicted octanol–water partition coefficient (Wildman–Crippen LogP) is 2.97. The molecule has 124 valence electrons. The van der Waals surface area contributed by atoms with Crippen LogP contribution in [0.1, 0.15) is 32.3 Å². The summed E-state index contributed by atoms with van der Waals surface area (Å²) in [6, 6.07) is 6.09. The first-order valence-corrected chi connectivity index (χ1v) is 8.22. The maximum Gasteiger partial charge on any atom is 0.277 e. The van der Waals surface area contributed by atoms with Gasteiger partial charge in [0.25, 0.3) is 11.1 Å². The number of thioether (sulfide) groups is 1. The van der Waals surface area contributed by atoms with Gasteiger partial charge in [0, 0.05) is 6.54 Å². The van der Waals surface area contributed by atoms with Crippen molar-refractivity contribution in [3.8, 4) is 5.75 Å². The van der Waals surface area contributed by atoms with Crippen molar-refractivity contribution in [2.24, 2.45) is 0 Å². The molecule has 0 aliphatic rings. The molecule has 23 heavy (non-hydrogen) atoms. The van der Waals surface area contributed by atoms with Crippen LogP contribution in [-0.4, -0.2) is 28.4 Å². The van der Waals surface area contributed by atoms with E-state index in [2.05, 4.69) is 15.5 Å². The molecule has 1 N–H and O–H groups in total. The Morgan fingerprint density at radius 3 is 2.96 bits per heavy atom. The van der Waals surface area contributed by atoms with Gasteiger partial charge in [0.05, 0.1) is 5.75 Å². The Bertz CT molecular complexity index is 650. The van der Waals surface area contributed by atoms with Gasteiger partial charge in [0.1, 0.15) is 0 Å². The lowest BCUT2D eigenvalue weighted by Crippen LogP contribution is -2.25. The molecule has 0 bridgehead atoms. The maximum absolute atomic E-state index is 13.5. The number of para-hydroxylation sites is 1. The topological polar surface area (TPSA) is 77.2 Å². The highest BCUT2D eigenvalue weighted by molar-refractivity contribution is 7.99. The molecule has 2 rings (SSSR count). The third-order valence-corrected chi connectivity index (χ3v) is 3.63. The number of rotatable bonds is 8. The summed E-state index contributed by atoms with van der Waals surface area (Å²) in [7, 11) is 0. The van der Waals surface area contributed by atoms with Crippen LogP contribution in [0.15, 0.2) is 33.9 Å². The van der Waals surface area contributed by atoms with E-state index in [0.717, 1.165) is 18.2 Å². The molecule has 8 heteroatoms. The quantitative estimate of drug-likeness (QED) is 0.745. The monoisotopic (exact) mass is 339 g/mol. The van der Waals surface area contributed by atoms with E-state index in [1.54, 1.807) is 19.1 Å². The van der Waals surface area contributed by atoms with E-state index >= 15 is 0 Å². The summed E-state index contributed by atoms with van der Waals surface area (Å²) in [5, 5.41) is 10.7. The SMILES string of the molecule is CCCNC(=O)CSc1nnc([C@@H](C)Oc2ccccc2F)o1. The molecule has 0 spiro atoms. The van der Waals surface area contributed by atoms with Crippen molar-refractivity contribution < 1.29 is 18.3 Å². The van der Waals surface area contributed by atoms with Crippen molar-refractivity contribution in [3.05, 3.63) is 36.0 Å². The van der Waals surface area contributed by atoms with E-state index in [9.17, 15) is 9.18 Å². The van der Waals surface area contributed by atoms with Gasteiger partial charge in [-0.3, -0.25) is 4.79 Å². The van der Waals surface area contributed by atoms with Crippen LogP contribution >= 0.6 is 11.8 Å². The summed E-state index contributed by atoms with van der Waals surface area (Å²) in [5.41, 5.74) is 0. The molecule has 1 amide bonds. The Labute approximate surface area is 137 Å². The minimum atomic E-state index is -0.595. The third kappa shape index (κ3) is 5.24. The largest absolute Gasteiger partial charge is 0.478 e. The number of halogens is 1. The molecule has 0 aliphatic heterocycles. The number of nitrogens with zero attached hydrogens (tertiary/aromatic N) is 2. The van der Waals surface area contributed by atoms with Crippen molar-refractivity contribution >= 4 is 17.7 Å². The molecule has 6 nitrogen and oxygen atoms in total. The Kier molecular flexibility index (Phi) is 6.40. The van der Waals surface area contributed by atoms with Crippen LogP contribution in [0.25, 0.3) is 0 Å². The number of amides is 1. The summed E-state index contributed by atoms with van der Waals surface area (Å²) in [4.78, 5) is 11.5. The number of hydrogen-bond acceptors (Lipinski definition) is 6. The molecule has 1 atom stereocenters. The molecule has 0 saturated heterocycles. The molecular formula is C15H18FN3O3S. The van der Waals surface area contributed by atoms with Crippen LogP contribution in [0, 0.1) is 5.82 Å². The highest BCUT2D eigenvalue weighted by atomic mass is 32.2. The van der Waals surface area contributed by atoms with E-state index in [4.69, 9.17) is 9.15 Å². The summed E-state index contributed by atoms with van der Waals surface area (Å²) in [6.45, 7) is 4.30. The third-order valence-electron chi connectivity index (χ3n) is 2.81. The van der Waals surface area contributed by atoms with Crippen LogP contribution < -0.4 is 10.1 Å². The van der Waals surface area contributed by atoms with Gasteiger partial charge in [-0.25, -0.2) is 4.39 Å². The normalized spacial score (nSPS) is 12.0. The predicted molar refractivity (Wildman–Crippen MR) is 83.8 cm³/mol. The molecule has 0 fully saturated rings. The zero-order valence-electron chi connectivity index (χ0n) is 12.9. The van der Waals surface area contributed by atoms with E-state index in [0.29, 0.717) is 6.54 Å². The van der Waals surface area contributed by atoms with Gasteiger partial charge in [-0.15, -0.1) is 10.2 Å². The van der Waals surface area contributed by atoms with Crippen molar-refractivity contribution in [1.82, 2.24) is 15.5 Å². The highest BCUT2D eigenvalue weighted by Gasteiger charge is 2.18. The first-order valence-electron chi connectivity index (χ1n) is 7.24. The van der Waals surface area contributed by atoms with Gasteiger partial charge in [0.2, 0.25) is 5.91 Å². The van der Waals surface area contributed by atoms with Crippen LogP contribution in [-0.2, 0) is 4.79 Å². The molecule has 1 heterocycles. The smallest absolute Gasteiger partial charge is 0.277 e. The van der Waals surface area contributed by atoms with E-state index in [-0.39, 0.29) is 28.5 Å². The molecule has 0 radical (unpaired) electrons. The van der Waals surface area contributed by atoms with Crippen LogP contribution in [0.2, 0.25) is 0 Å². The molecule has 2 aromatic rings. The Morgan fingerprint density at radius 2 is 2.22 bits per heavy atom. The van der Waals surface area contributed by atoms with Gasteiger partial charge in [0.15, 0.2) is 17.7 Å². The van der Waals surface area contributed by atoms with Gasteiger partial charge in [-0.05, 0) is 25.5 Å². The lowest BCUT2D eigenvalue weighted by molar-refractivity contribution is -0.118. The van der Waals surface area contributed by atoms with Gasteiger partial charge in [-0.2, -0.15) is 0 Å². The fourth-order valence-electron chi connectivity index (χ4n) is 1.67. The number of benzene rings is 1. The van der Waals surface area contributed by atoms with E-state index in [1.165, 1.54) is 12.1 Å². The summed E-state index contributed by atoms with van der Waals surface area (Å²) >= 11 is 1.14. The fourth-order valence-corrected chi connectivity index (χ4v) is 2.27. The highest BCUT2D eigenvalue weighted by Crippen LogP contribution is 2.25. The first kappa shape index (κ1) is 17.3. The minimum absolute atomic E-state index is 0.0905. The summed E-state index contributed by atoms with van der Waals surface area (Å²) in [5.74, 6) is -0.00568. The number of nitrogens with one attached hydrogen (secondary N) is 1. The first-order chi connectivity index (χ1) is 11.1. The maximum atomic E-state index is 13.5. The lowest BCUT2D eigenvalue weighted by atomic mass is 10.3. The number of hydrogen-bond donors (Lipinski definition) is 1. The van der Waals surface area contributed by atoms with Gasteiger partial charge in [-0.1, -0.05) is 30.8 Å². The van der Waals surface area contributed by atoms with Crippen LogP contribution in [0.4, 0.5) is 4.39 Å².